The van der Waals surface area contributed by atoms with Crippen LogP contribution in [0.2, 0.25) is 0 Å². The molecule has 0 unspecified atom stereocenters. The second-order valence-corrected chi connectivity index (χ2v) is 13.2. The van der Waals surface area contributed by atoms with Gasteiger partial charge in [0.05, 0.1) is 0 Å². The SMILES string of the molecule is c1ccc(-c2cc(-c3ccc4c5ccccc5c5ccccc5c4c3)cc3c2oc2c3ccc3c4ccccc4c4ccccc4c32)cc1. The Kier molecular flexibility index (Phi) is 5.45. The zero-order valence-corrected chi connectivity index (χ0v) is 26.6. The molecule has 49 heavy (non-hydrogen) atoms. The van der Waals surface area contributed by atoms with E-state index in [0.717, 1.165) is 33.1 Å². The van der Waals surface area contributed by atoms with Gasteiger partial charge in [-0.3, -0.25) is 0 Å². The first-order chi connectivity index (χ1) is 24.3. The summed E-state index contributed by atoms with van der Waals surface area (Å²) < 4.78 is 7.08. The van der Waals surface area contributed by atoms with Crippen LogP contribution in [-0.2, 0) is 0 Å². The molecule has 0 radical (unpaired) electrons. The van der Waals surface area contributed by atoms with Crippen LogP contribution in [0, 0.1) is 0 Å². The first-order valence-corrected chi connectivity index (χ1v) is 16.9. The van der Waals surface area contributed by atoms with Crippen molar-refractivity contribution in [3.05, 3.63) is 170 Å². The summed E-state index contributed by atoms with van der Waals surface area (Å²) in [6.45, 7) is 0. The van der Waals surface area contributed by atoms with Crippen molar-refractivity contribution < 1.29 is 4.42 Å². The number of furan rings is 1. The van der Waals surface area contributed by atoms with Crippen molar-refractivity contribution in [2.75, 3.05) is 0 Å². The lowest BCUT2D eigenvalue weighted by Crippen LogP contribution is -1.86. The molecule has 11 aromatic rings. The summed E-state index contributed by atoms with van der Waals surface area (Å²) in [6.07, 6.45) is 0. The highest BCUT2D eigenvalue weighted by Gasteiger charge is 2.20. The van der Waals surface area contributed by atoms with Crippen molar-refractivity contribution in [2.24, 2.45) is 0 Å². The monoisotopic (exact) mass is 620 g/mol. The molecule has 0 aliphatic heterocycles. The largest absolute Gasteiger partial charge is 0.455 e. The lowest BCUT2D eigenvalue weighted by Gasteiger charge is -2.13. The van der Waals surface area contributed by atoms with Gasteiger partial charge in [-0.05, 0) is 100 Å². The summed E-state index contributed by atoms with van der Waals surface area (Å²) in [7, 11) is 0. The van der Waals surface area contributed by atoms with Gasteiger partial charge in [-0.25, -0.2) is 0 Å². The summed E-state index contributed by atoms with van der Waals surface area (Å²) in [6, 6.07) is 61.9. The number of benzene rings is 10. The Morgan fingerprint density at radius 2 is 0.673 bits per heavy atom. The minimum absolute atomic E-state index is 0.923. The molecule has 1 nitrogen and oxygen atoms in total. The van der Waals surface area contributed by atoms with Crippen molar-refractivity contribution in [3.63, 3.8) is 0 Å². The lowest BCUT2D eigenvalue weighted by atomic mass is 9.90. The number of hydrogen-bond donors (Lipinski definition) is 0. The second-order valence-electron chi connectivity index (χ2n) is 13.2. The highest BCUT2D eigenvalue weighted by molar-refractivity contribution is 6.33. The molecule has 0 saturated heterocycles. The quantitative estimate of drug-likeness (QED) is 0.175. The van der Waals surface area contributed by atoms with E-state index in [1.54, 1.807) is 0 Å². The Bertz CT molecular complexity index is 3080. The average molecular weight is 621 g/mol. The molecule has 0 saturated carbocycles. The molecule has 0 fully saturated rings. The number of hydrogen-bond acceptors (Lipinski definition) is 1. The molecule has 0 atom stereocenters. The third-order valence-electron chi connectivity index (χ3n) is 10.6. The fourth-order valence-electron chi connectivity index (χ4n) is 8.41. The van der Waals surface area contributed by atoms with E-state index in [-0.39, 0.29) is 0 Å². The molecule has 0 bridgehead atoms. The van der Waals surface area contributed by atoms with Crippen LogP contribution in [0.25, 0.3) is 109 Å². The molecule has 1 aromatic heterocycles. The molecular formula is C48H28O. The van der Waals surface area contributed by atoms with Crippen molar-refractivity contribution >= 4 is 86.6 Å². The molecule has 0 N–H and O–H groups in total. The van der Waals surface area contributed by atoms with Crippen molar-refractivity contribution in [2.45, 2.75) is 0 Å². The highest BCUT2D eigenvalue weighted by Crippen LogP contribution is 2.46. The molecule has 11 rings (SSSR count). The molecule has 0 aliphatic rings. The maximum Gasteiger partial charge on any atom is 0.143 e. The molecule has 1 heteroatoms. The van der Waals surface area contributed by atoms with E-state index in [4.69, 9.17) is 4.42 Å². The molecule has 0 aliphatic carbocycles. The smallest absolute Gasteiger partial charge is 0.143 e. The van der Waals surface area contributed by atoms with Gasteiger partial charge in [-0.1, -0.05) is 146 Å². The lowest BCUT2D eigenvalue weighted by molar-refractivity contribution is 0.674. The molecule has 0 spiro atoms. The molecule has 10 aromatic carbocycles. The van der Waals surface area contributed by atoms with Gasteiger partial charge in [0.25, 0.3) is 0 Å². The summed E-state index contributed by atoms with van der Waals surface area (Å²) in [5, 5.41) is 17.3. The Morgan fingerprint density at radius 1 is 0.245 bits per heavy atom. The third-order valence-corrected chi connectivity index (χ3v) is 10.6. The van der Waals surface area contributed by atoms with Gasteiger partial charge in [0.15, 0.2) is 0 Å². The Balaban J connectivity index is 1.26. The Morgan fingerprint density at radius 3 is 1.29 bits per heavy atom. The fraction of sp³-hybridized carbons (Fsp3) is 0. The Labute approximate surface area is 282 Å². The highest BCUT2D eigenvalue weighted by atomic mass is 16.3. The van der Waals surface area contributed by atoms with Crippen LogP contribution < -0.4 is 0 Å². The predicted octanol–water partition coefficient (Wildman–Crippen LogP) is 13.8. The topological polar surface area (TPSA) is 13.1 Å². The van der Waals surface area contributed by atoms with E-state index in [1.807, 2.05) is 0 Å². The number of rotatable bonds is 2. The second kappa shape index (κ2) is 10.0. The predicted molar refractivity (Wildman–Crippen MR) is 210 cm³/mol. The minimum Gasteiger partial charge on any atom is -0.455 e. The standard InChI is InChI=1S/C48H28O/c1-2-12-29(13-3-1)43-27-31(30-22-23-39-34-16-5-4-14-32(34)33-15-7-9-20-38(33)44(39)26-30)28-45-42-25-24-41-37-19-8-6-17-35(37)36-18-10-11-21-40(36)46(41)48(42)49-47(43)45/h1-28H. The van der Waals surface area contributed by atoms with Crippen LogP contribution in [0.1, 0.15) is 0 Å². The summed E-state index contributed by atoms with van der Waals surface area (Å²) in [4.78, 5) is 0. The summed E-state index contributed by atoms with van der Waals surface area (Å²) >= 11 is 0. The van der Waals surface area contributed by atoms with E-state index in [0.29, 0.717) is 0 Å². The maximum atomic E-state index is 7.08. The third kappa shape index (κ3) is 3.76. The molecular weight excluding hydrogens is 593 g/mol. The average Bonchev–Trinajstić information content (AvgIpc) is 3.56. The molecule has 226 valence electrons. The van der Waals surface area contributed by atoms with Gasteiger partial charge in [0.2, 0.25) is 0 Å². The van der Waals surface area contributed by atoms with E-state index in [1.165, 1.54) is 75.8 Å². The van der Waals surface area contributed by atoms with E-state index in [9.17, 15) is 0 Å². The van der Waals surface area contributed by atoms with Crippen molar-refractivity contribution in [3.8, 4) is 22.3 Å². The van der Waals surface area contributed by atoms with E-state index < -0.39 is 0 Å². The Hall–Kier alpha value is -6.44. The first-order valence-electron chi connectivity index (χ1n) is 16.9. The van der Waals surface area contributed by atoms with Gasteiger partial charge < -0.3 is 4.42 Å². The zero-order chi connectivity index (χ0) is 32.1. The number of fused-ring (bicyclic) bond motifs is 16. The van der Waals surface area contributed by atoms with E-state index >= 15 is 0 Å². The van der Waals surface area contributed by atoms with Gasteiger partial charge in [-0.15, -0.1) is 0 Å². The van der Waals surface area contributed by atoms with Crippen LogP contribution >= 0.6 is 0 Å². The van der Waals surface area contributed by atoms with Gasteiger partial charge in [-0.2, -0.15) is 0 Å². The van der Waals surface area contributed by atoms with Crippen LogP contribution in [-0.4, -0.2) is 0 Å². The fourth-order valence-corrected chi connectivity index (χ4v) is 8.41. The summed E-state index contributed by atoms with van der Waals surface area (Å²) in [5.74, 6) is 0. The molecule has 1 heterocycles. The van der Waals surface area contributed by atoms with Crippen LogP contribution in [0.4, 0.5) is 0 Å². The van der Waals surface area contributed by atoms with Crippen LogP contribution in [0.3, 0.4) is 0 Å². The van der Waals surface area contributed by atoms with Crippen molar-refractivity contribution in [1.82, 2.24) is 0 Å². The maximum absolute atomic E-state index is 7.08. The van der Waals surface area contributed by atoms with Crippen molar-refractivity contribution in [1.29, 1.82) is 0 Å². The minimum atomic E-state index is 0.923. The van der Waals surface area contributed by atoms with Gasteiger partial charge in [0, 0.05) is 21.7 Å². The first kappa shape index (κ1) is 26.6. The molecule has 0 amide bonds. The van der Waals surface area contributed by atoms with Crippen LogP contribution in [0.5, 0.6) is 0 Å². The van der Waals surface area contributed by atoms with E-state index in [2.05, 4.69) is 170 Å². The van der Waals surface area contributed by atoms with Gasteiger partial charge >= 0.3 is 0 Å². The van der Waals surface area contributed by atoms with Gasteiger partial charge in [0.1, 0.15) is 11.2 Å². The normalized spacial score (nSPS) is 12.1. The van der Waals surface area contributed by atoms with Crippen LogP contribution in [0.15, 0.2) is 174 Å². The zero-order valence-electron chi connectivity index (χ0n) is 26.6. The summed E-state index contributed by atoms with van der Waals surface area (Å²) in [5.41, 5.74) is 6.48.